The van der Waals surface area contributed by atoms with Crippen LogP contribution in [0.4, 0.5) is 0 Å². The van der Waals surface area contributed by atoms with E-state index in [1.165, 1.54) is 11.1 Å². The highest BCUT2D eigenvalue weighted by molar-refractivity contribution is 5.94. The maximum atomic E-state index is 12.3. The molecule has 0 aromatic heterocycles. The molecule has 2 aromatic carbocycles. The van der Waals surface area contributed by atoms with Crippen LogP contribution in [0.15, 0.2) is 48.5 Å². The summed E-state index contributed by atoms with van der Waals surface area (Å²) in [5.41, 5.74) is 3.57. The Labute approximate surface area is 129 Å². The molecule has 0 unspecified atom stereocenters. The van der Waals surface area contributed by atoms with Crippen molar-refractivity contribution in [1.82, 2.24) is 4.90 Å². The highest BCUT2D eigenvalue weighted by Crippen LogP contribution is 2.18. The van der Waals surface area contributed by atoms with Crippen molar-refractivity contribution in [2.75, 3.05) is 6.54 Å². The average molecular weight is 286 g/mol. The minimum absolute atomic E-state index is 0.192. The Morgan fingerprint density at radius 1 is 1.00 bits per heavy atom. The average Bonchev–Trinajstić information content (AvgIpc) is 2.59. The number of nitrogens with zero attached hydrogens (tertiary/aromatic N) is 2. The summed E-state index contributed by atoms with van der Waals surface area (Å²) in [4.78, 5) is 14.0. The van der Waals surface area contributed by atoms with Gasteiger partial charge < -0.3 is 4.90 Å². The monoisotopic (exact) mass is 286 g/mol. The fourth-order valence-corrected chi connectivity index (χ4v) is 2.56. The van der Waals surface area contributed by atoms with Crippen molar-refractivity contribution in [3.63, 3.8) is 0 Å². The molecule has 1 heterocycles. The van der Waals surface area contributed by atoms with Crippen LogP contribution in [0.5, 0.6) is 0 Å². The Morgan fingerprint density at radius 2 is 1.68 bits per heavy atom. The largest absolute Gasteiger partial charge is 0.327 e. The number of carbonyl (C=O) groups excluding carboxylic acids is 1. The molecule has 1 aliphatic rings. The molecule has 0 bridgehead atoms. The van der Waals surface area contributed by atoms with Gasteiger partial charge in [0, 0.05) is 24.6 Å². The zero-order valence-electron chi connectivity index (χ0n) is 12.0. The molecule has 1 aliphatic heterocycles. The van der Waals surface area contributed by atoms with Gasteiger partial charge in [-0.05, 0) is 29.7 Å². The second kappa shape index (κ2) is 6.16. The van der Waals surface area contributed by atoms with E-state index in [1.54, 1.807) is 23.1 Å². The number of fused-ring (bicyclic) bond motifs is 1. The fraction of sp³-hybridized carbons (Fsp3) is 0.158. The lowest BCUT2D eigenvalue weighted by atomic mass is 10.00. The molecule has 0 radical (unpaired) electrons. The van der Waals surface area contributed by atoms with E-state index < -0.39 is 0 Å². The Kier molecular flexibility index (Phi) is 3.90. The zero-order chi connectivity index (χ0) is 15.4. The van der Waals surface area contributed by atoms with E-state index in [1.807, 2.05) is 24.3 Å². The predicted octanol–water partition coefficient (Wildman–Crippen LogP) is 2.49. The molecule has 0 spiro atoms. The Hall–Kier alpha value is -3.04. The minimum atomic E-state index is -0.192. The standard InChI is InChI=1S/C19H14N2O/c20-13-17-7-3-1-5-15(17)9-10-19(22)21-12-11-16-6-2-4-8-18(16)14-21/h1-8H,11-12,14H2. The number of rotatable bonds is 0. The number of carbonyl (C=O) groups is 1. The first kappa shape index (κ1) is 13.9. The quantitative estimate of drug-likeness (QED) is 0.698. The minimum Gasteiger partial charge on any atom is -0.327 e. The number of nitriles is 1. The molecule has 0 N–H and O–H groups in total. The second-order valence-corrected chi connectivity index (χ2v) is 5.15. The van der Waals surface area contributed by atoms with E-state index in [0.717, 1.165) is 6.42 Å². The first-order chi connectivity index (χ1) is 10.8. The zero-order valence-corrected chi connectivity index (χ0v) is 12.0. The van der Waals surface area contributed by atoms with Crippen LogP contribution in [0, 0.1) is 23.2 Å². The summed E-state index contributed by atoms with van der Waals surface area (Å²) in [6, 6.07) is 17.3. The maximum Gasteiger partial charge on any atom is 0.299 e. The summed E-state index contributed by atoms with van der Waals surface area (Å²) in [6.07, 6.45) is 0.859. The van der Waals surface area contributed by atoms with Crippen molar-refractivity contribution in [1.29, 1.82) is 5.26 Å². The van der Waals surface area contributed by atoms with Crippen LogP contribution in [0.2, 0.25) is 0 Å². The van der Waals surface area contributed by atoms with E-state index in [0.29, 0.717) is 24.2 Å². The third kappa shape index (κ3) is 2.85. The van der Waals surface area contributed by atoms with E-state index in [4.69, 9.17) is 5.26 Å². The molecule has 3 heteroatoms. The van der Waals surface area contributed by atoms with Crippen LogP contribution in [0.1, 0.15) is 22.3 Å². The van der Waals surface area contributed by atoms with Gasteiger partial charge in [0.1, 0.15) is 6.07 Å². The lowest BCUT2D eigenvalue weighted by Crippen LogP contribution is -2.35. The SMILES string of the molecule is N#Cc1ccccc1C#CC(=O)N1CCc2ccccc2C1. The number of benzene rings is 2. The van der Waals surface area contributed by atoms with Crippen LogP contribution in [0.3, 0.4) is 0 Å². The molecule has 106 valence electrons. The van der Waals surface area contributed by atoms with Gasteiger partial charge in [0.2, 0.25) is 0 Å². The molecule has 0 atom stereocenters. The second-order valence-electron chi connectivity index (χ2n) is 5.15. The smallest absolute Gasteiger partial charge is 0.299 e. The Morgan fingerprint density at radius 3 is 2.45 bits per heavy atom. The van der Waals surface area contributed by atoms with Crippen molar-refractivity contribution in [2.45, 2.75) is 13.0 Å². The van der Waals surface area contributed by atoms with Crippen LogP contribution in [-0.4, -0.2) is 17.4 Å². The molecule has 0 saturated heterocycles. The van der Waals surface area contributed by atoms with Gasteiger partial charge in [-0.1, -0.05) is 42.3 Å². The van der Waals surface area contributed by atoms with Crippen molar-refractivity contribution in [2.24, 2.45) is 0 Å². The number of amides is 1. The molecule has 1 amide bonds. The van der Waals surface area contributed by atoms with Gasteiger partial charge in [-0.25, -0.2) is 0 Å². The van der Waals surface area contributed by atoms with Crippen molar-refractivity contribution < 1.29 is 4.79 Å². The lowest BCUT2D eigenvalue weighted by molar-refractivity contribution is -0.125. The summed E-state index contributed by atoms with van der Waals surface area (Å²) >= 11 is 0. The lowest BCUT2D eigenvalue weighted by Gasteiger charge is -2.27. The fourth-order valence-electron chi connectivity index (χ4n) is 2.56. The van der Waals surface area contributed by atoms with E-state index in [9.17, 15) is 4.79 Å². The highest BCUT2D eigenvalue weighted by atomic mass is 16.2. The molecule has 3 rings (SSSR count). The van der Waals surface area contributed by atoms with E-state index in [2.05, 4.69) is 24.0 Å². The van der Waals surface area contributed by atoms with Crippen molar-refractivity contribution in [3.8, 4) is 17.9 Å². The molecule has 3 nitrogen and oxygen atoms in total. The normalized spacial score (nSPS) is 12.6. The van der Waals surface area contributed by atoms with E-state index >= 15 is 0 Å². The topological polar surface area (TPSA) is 44.1 Å². The molecule has 0 saturated carbocycles. The summed E-state index contributed by atoms with van der Waals surface area (Å²) in [7, 11) is 0. The molecular weight excluding hydrogens is 272 g/mol. The molecule has 22 heavy (non-hydrogen) atoms. The van der Waals surface area contributed by atoms with Gasteiger partial charge in [-0.2, -0.15) is 5.26 Å². The van der Waals surface area contributed by atoms with Gasteiger partial charge in [0.15, 0.2) is 0 Å². The third-order valence-corrected chi connectivity index (χ3v) is 3.77. The summed E-state index contributed by atoms with van der Waals surface area (Å²) < 4.78 is 0. The number of hydrogen-bond donors (Lipinski definition) is 0. The van der Waals surface area contributed by atoms with Crippen LogP contribution in [0.25, 0.3) is 0 Å². The highest BCUT2D eigenvalue weighted by Gasteiger charge is 2.18. The molecule has 2 aromatic rings. The van der Waals surface area contributed by atoms with Crippen LogP contribution < -0.4 is 0 Å². The summed E-state index contributed by atoms with van der Waals surface area (Å²) in [6.45, 7) is 1.29. The first-order valence-electron chi connectivity index (χ1n) is 7.15. The Bertz CT molecular complexity index is 821. The first-order valence-corrected chi connectivity index (χ1v) is 7.15. The van der Waals surface area contributed by atoms with Gasteiger partial charge in [0.05, 0.1) is 5.56 Å². The third-order valence-electron chi connectivity index (χ3n) is 3.77. The van der Waals surface area contributed by atoms with Gasteiger partial charge in [-0.15, -0.1) is 0 Å². The Balaban J connectivity index is 1.77. The van der Waals surface area contributed by atoms with Crippen LogP contribution >= 0.6 is 0 Å². The van der Waals surface area contributed by atoms with Crippen molar-refractivity contribution in [3.05, 3.63) is 70.8 Å². The molecule has 0 aliphatic carbocycles. The summed E-state index contributed by atoms with van der Waals surface area (Å²) in [5, 5.41) is 9.03. The van der Waals surface area contributed by atoms with Gasteiger partial charge >= 0.3 is 0 Å². The molecule has 0 fully saturated rings. The summed E-state index contributed by atoms with van der Waals surface area (Å²) in [5.74, 6) is 5.29. The van der Waals surface area contributed by atoms with E-state index in [-0.39, 0.29) is 5.91 Å². The number of hydrogen-bond acceptors (Lipinski definition) is 2. The molecular formula is C19H14N2O. The van der Waals surface area contributed by atoms with Crippen LogP contribution in [-0.2, 0) is 17.8 Å². The predicted molar refractivity (Wildman–Crippen MR) is 83.6 cm³/mol. The van der Waals surface area contributed by atoms with Gasteiger partial charge in [-0.3, -0.25) is 4.79 Å². The van der Waals surface area contributed by atoms with Crippen molar-refractivity contribution >= 4 is 5.91 Å². The maximum absolute atomic E-state index is 12.3. The van der Waals surface area contributed by atoms with Gasteiger partial charge in [0.25, 0.3) is 5.91 Å².